The molecule has 0 aliphatic rings. The number of pyridine rings is 1. The van der Waals surface area contributed by atoms with Crippen LogP contribution in [-0.2, 0) is 0 Å². The first-order chi connectivity index (χ1) is 24.7. The van der Waals surface area contributed by atoms with Gasteiger partial charge in [0.2, 0.25) is 0 Å². The van der Waals surface area contributed by atoms with Gasteiger partial charge >= 0.3 is 0 Å². The van der Waals surface area contributed by atoms with E-state index in [2.05, 4.69) is 78.9 Å². The lowest BCUT2D eigenvalue weighted by Gasteiger charge is -2.17. The van der Waals surface area contributed by atoms with E-state index in [4.69, 9.17) is 19.9 Å². The van der Waals surface area contributed by atoms with Crippen molar-refractivity contribution in [2.24, 2.45) is 0 Å². The van der Waals surface area contributed by atoms with Crippen LogP contribution in [0.1, 0.15) is 5.56 Å². The predicted octanol–water partition coefficient (Wildman–Crippen LogP) is 10.9. The zero-order chi connectivity index (χ0) is 33.4. The van der Waals surface area contributed by atoms with Crippen LogP contribution in [0.5, 0.6) is 0 Å². The highest BCUT2D eigenvalue weighted by molar-refractivity contribution is 6.25. The van der Waals surface area contributed by atoms with Gasteiger partial charge in [-0.05, 0) is 46.2 Å². The maximum Gasteiger partial charge on any atom is 0.164 e. The van der Waals surface area contributed by atoms with Gasteiger partial charge in [0.05, 0.1) is 22.8 Å². The van der Waals surface area contributed by atoms with E-state index in [0.29, 0.717) is 23.0 Å². The van der Waals surface area contributed by atoms with Crippen molar-refractivity contribution in [1.29, 1.82) is 5.26 Å². The fraction of sp³-hybridized carbons (Fsp3) is 0. The molecular formula is C45H27N5. The lowest BCUT2D eigenvalue weighted by molar-refractivity contribution is 1.07. The van der Waals surface area contributed by atoms with Gasteiger partial charge in [0.1, 0.15) is 0 Å². The standard InChI is InChI=1S/C45H27N5/c46-28-29-20-22-31(23-21-29)42-39-27-38(30-12-4-1-5-13-30)35-18-10-11-19-36(35)41(39)37-25-24-34(26-40(37)47-42)45-49-43(32-14-6-2-7-15-32)48-44(50-45)33-16-8-3-9-17-33/h1-27H. The molecule has 9 rings (SSSR count). The molecule has 0 amide bonds. The molecule has 0 spiro atoms. The number of benzene rings is 7. The zero-order valence-electron chi connectivity index (χ0n) is 26.8. The number of rotatable bonds is 5. The molecule has 0 radical (unpaired) electrons. The number of aromatic nitrogens is 4. The molecule has 5 heteroatoms. The van der Waals surface area contributed by atoms with Crippen molar-refractivity contribution in [2.45, 2.75) is 0 Å². The van der Waals surface area contributed by atoms with Crippen LogP contribution in [0.3, 0.4) is 0 Å². The normalized spacial score (nSPS) is 11.2. The van der Waals surface area contributed by atoms with E-state index in [1.807, 2.05) is 91.0 Å². The van der Waals surface area contributed by atoms with Gasteiger partial charge < -0.3 is 0 Å². The van der Waals surface area contributed by atoms with Crippen LogP contribution in [-0.4, -0.2) is 19.9 Å². The minimum Gasteiger partial charge on any atom is -0.247 e. The molecule has 50 heavy (non-hydrogen) atoms. The Morgan fingerprint density at radius 3 is 1.50 bits per heavy atom. The lowest BCUT2D eigenvalue weighted by Crippen LogP contribution is -2.00. The number of nitriles is 1. The van der Waals surface area contributed by atoms with Gasteiger partial charge in [-0.1, -0.05) is 140 Å². The van der Waals surface area contributed by atoms with Gasteiger partial charge in [-0.2, -0.15) is 5.26 Å². The van der Waals surface area contributed by atoms with Gasteiger partial charge in [0.15, 0.2) is 17.5 Å². The molecule has 0 bridgehead atoms. The summed E-state index contributed by atoms with van der Waals surface area (Å²) in [6.07, 6.45) is 0. The Morgan fingerprint density at radius 2 is 0.900 bits per heavy atom. The topological polar surface area (TPSA) is 75.3 Å². The van der Waals surface area contributed by atoms with Crippen LogP contribution >= 0.6 is 0 Å². The Hall–Kier alpha value is -7.03. The second-order valence-corrected chi connectivity index (χ2v) is 12.2. The van der Waals surface area contributed by atoms with Crippen LogP contribution in [0.4, 0.5) is 0 Å². The monoisotopic (exact) mass is 637 g/mol. The highest BCUT2D eigenvalue weighted by atomic mass is 15.0. The maximum absolute atomic E-state index is 9.53. The molecule has 5 nitrogen and oxygen atoms in total. The van der Waals surface area contributed by atoms with Crippen molar-refractivity contribution < 1.29 is 0 Å². The van der Waals surface area contributed by atoms with E-state index in [0.717, 1.165) is 66.1 Å². The summed E-state index contributed by atoms with van der Waals surface area (Å²) < 4.78 is 0. The van der Waals surface area contributed by atoms with Gasteiger partial charge in [0, 0.05) is 38.4 Å². The van der Waals surface area contributed by atoms with Gasteiger partial charge in [-0.3, -0.25) is 0 Å². The zero-order valence-corrected chi connectivity index (χ0v) is 26.8. The predicted molar refractivity (Wildman–Crippen MR) is 202 cm³/mol. The van der Waals surface area contributed by atoms with E-state index in [1.165, 1.54) is 5.39 Å². The first kappa shape index (κ1) is 29.1. The van der Waals surface area contributed by atoms with Crippen molar-refractivity contribution in [3.8, 4) is 62.6 Å². The molecule has 2 heterocycles. The fourth-order valence-corrected chi connectivity index (χ4v) is 6.72. The highest BCUT2D eigenvalue weighted by Crippen LogP contribution is 2.42. The summed E-state index contributed by atoms with van der Waals surface area (Å²) in [5.74, 6) is 1.79. The molecule has 2 aromatic heterocycles. The Balaban J connectivity index is 1.33. The summed E-state index contributed by atoms with van der Waals surface area (Å²) in [6, 6.07) is 57.6. The first-order valence-corrected chi connectivity index (χ1v) is 16.5. The molecule has 0 saturated heterocycles. The average molecular weight is 638 g/mol. The third-order valence-electron chi connectivity index (χ3n) is 9.13. The van der Waals surface area contributed by atoms with E-state index in [-0.39, 0.29) is 0 Å². The Labute approximate surface area is 288 Å². The summed E-state index contributed by atoms with van der Waals surface area (Å²) in [6.45, 7) is 0. The summed E-state index contributed by atoms with van der Waals surface area (Å²) in [5, 5.41) is 15.1. The molecule has 0 N–H and O–H groups in total. The number of hydrogen-bond acceptors (Lipinski definition) is 5. The van der Waals surface area contributed by atoms with Crippen molar-refractivity contribution in [1.82, 2.24) is 19.9 Å². The molecule has 0 fully saturated rings. The van der Waals surface area contributed by atoms with E-state index >= 15 is 0 Å². The Morgan fingerprint density at radius 1 is 0.380 bits per heavy atom. The third-order valence-corrected chi connectivity index (χ3v) is 9.13. The van der Waals surface area contributed by atoms with Crippen LogP contribution in [0.25, 0.3) is 89.0 Å². The summed E-state index contributed by atoms with van der Waals surface area (Å²) >= 11 is 0. The Kier molecular flexibility index (Phi) is 7.11. The molecule has 0 atom stereocenters. The lowest BCUT2D eigenvalue weighted by atomic mass is 9.89. The van der Waals surface area contributed by atoms with Gasteiger partial charge in [-0.25, -0.2) is 19.9 Å². The maximum atomic E-state index is 9.53. The largest absolute Gasteiger partial charge is 0.247 e. The molecule has 0 unspecified atom stereocenters. The molecule has 9 aromatic rings. The van der Waals surface area contributed by atoms with Crippen molar-refractivity contribution in [2.75, 3.05) is 0 Å². The van der Waals surface area contributed by atoms with Crippen LogP contribution in [0, 0.1) is 11.3 Å². The smallest absolute Gasteiger partial charge is 0.164 e. The van der Waals surface area contributed by atoms with Crippen LogP contribution < -0.4 is 0 Å². The van der Waals surface area contributed by atoms with Crippen LogP contribution in [0.15, 0.2) is 164 Å². The molecular weight excluding hydrogens is 611 g/mol. The van der Waals surface area contributed by atoms with Crippen molar-refractivity contribution >= 4 is 32.4 Å². The minimum atomic E-state index is 0.575. The molecule has 0 aliphatic carbocycles. The second kappa shape index (κ2) is 12.2. The Bertz CT molecular complexity index is 2680. The number of fused-ring (bicyclic) bond motifs is 5. The van der Waals surface area contributed by atoms with Crippen LogP contribution in [0.2, 0.25) is 0 Å². The minimum absolute atomic E-state index is 0.575. The highest BCUT2D eigenvalue weighted by Gasteiger charge is 2.18. The quantitative estimate of drug-likeness (QED) is 0.176. The first-order valence-electron chi connectivity index (χ1n) is 16.5. The van der Waals surface area contributed by atoms with E-state index in [9.17, 15) is 5.26 Å². The van der Waals surface area contributed by atoms with E-state index < -0.39 is 0 Å². The van der Waals surface area contributed by atoms with E-state index in [1.54, 1.807) is 0 Å². The summed E-state index contributed by atoms with van der Waals surface area (Å²) in [5.41, 5.74) is 8.19. The third kappa shape index (κ3) is 5.13. The number of hydrogen-bond donors (Lipinski definition) is 0. The number of nitrogens with zero attached hydrogens (tertiary/aromatic N) is 5. The van der Waals surface area contributed by atoms with Gasteiger partial charge in [-0.15, -0.1) is 0 Å². The SMILES string of the molecule is N#Cc1ccc(-c2nc3cc(-c4nc(-c5ccccc5)nc(-c5ccccc5)n4)ccc3c3c2cc(-c2ccccc2)c2ccccc23)cc1. The summed E-state index contributed by atoms with van der Waals surface area (Å²) in [4.78, 5) is 20.2. The van der Waals surface area contributed by atoms with Crippen molar-refractivity contribution in [3.63, 3.8) is 0 Å². The molecule has 232 valence electrons. The van der Waals surface area contributed by atoms with Gasteiger partial charge in [0.25, 0.3) is 0 Å². The second-order valence-electron chi connectivity index (χ2n) is 12.2. The molecule has 7 aromatic carbocycles. The fourth-order valence-electron chi connectivity index (χ4n) is 6.72. The molecule has 0 saturated carbocycles. The van der Waals surface area contributed by atoms with Crippen molar-refractivity contribution in [3.05, 3.63) is 169 Å². The average Bonchev–Trinajstić information content (AvgIpc) is 3.20. The summed E-state index contributed by atoms with van der Waals surface area (Å²) in [7, 11) is 0. The molecule has 0 aliphatic heterocycles.